The number of carboxylic acids is 1. The molecule has 0 spiro atoms. The van der Waals surface area contributed by atoms with Crippen molar-refractivity contribution in [3.63, 3.8) is 0 Å². The van der Waals surface area contributed by atoms with Crippen LogP contribution in [-0.4, -0.2) is 59.2 Å². The zero-order chi connectivity index (χ0) is 20.2. The number of likely N-dealkylation sites (N-methyl/N-ethyl adjacent to an activating group) is 1. The van der Waals surface area contributed by atoms with Crippen molar-refractivity contribution in [2.45, 2.75) is 0 Å². The van der Waals surface area contributed by atoms with E-state index < -0.39 is 5.97 Å². The van der Waals surface area contributed by atoms with Crippen LogP contribution in [0.1, 0.15) is 21.6 Å². The number of nitrogens with one attached hydrogen (secondary N) is 1. The van der Waals surface area contributed by atoms with E-state index in [2.05, 4.69) is 26.8 Å². The standard InChI is InChI=1S/C23H24N4O2/c1-26-11-13-27(14-12-26)22-20(23(28)29)16-21(25-22)18-9-10-24-19(15-18)8-7-17-5-3-2-4-6-17/h2-10,15-16,25H,11-14H2,1H3,(H,28,29)/b8-7+. The fourth-order valence-electron chi connectivity index (χ4n) is 3.49. The van der Waals surface area contributed by atoms with Gasteiger partial charge in [0.1, 0.15) is 11.4 Å². The van der Waals surface area contributed by atoms with Gasteiger partial charge in [-0.25, -0.2) is 4.79 Å². The van der Waals surface area contributed by atoms with Crippen LogP contribution in [-0.2, 0) is 0 Å². The summed E-state index contributed by atoms with van der Waals surface area (Å²) in [5.41, 5.74) is 3.93. The SMILES string of the molecule is CN1CCN(c2[nH]c(-c3ccnc(/C=C/c4ccccc4)c3)cc2C(=O)O)CC1. The molecule has 0 saturated carbocycles. The smallest absolute Gasteiger partial charge is 0.339 e. The molecule has 3 aromatic rings. The molecule has 1 saturated heterocycles. The average molecular weight is 388 g/mol. The third kappa shape index (κ3) is 4.38. The highest BCUT2D eigenvalue weighted by Gasteiger charge is 2.23. The molecule has 6 heteroatoms. The van der Waals surface area contributed by atoms with Crippen LogP contribution in [0.3, 0.4) is 0 Å². The van der Waals surface area contributed by atoms with Crippen molar-refractivity contribution in [2.75, 3.05) is 38.1 Å². The molecular formula is C23H24N4O2. The zero-order valence-corrected chi connectivity index (χ0v) is 16.4. The number of carboxylic acid groups (broad SMARTS) is 1. The van der Waals surface area contributed by atoms with Gasteiger partial charge in [0.2, 0.25) is 0 Å². The highest BCUT2D eigenvalue weighted by Crippen LogP contribution is 2.29. The summed E-state index contributed by atoms with van der Waals surface area (Å²) in [5, 5.41) is 9.69. The van der Waals surface area contributed by atoms with Crippen LogP contribution >= 0.6 is 0 Å². The van der Waals surface area contributed by atoms with Crippen LogP contribution in [0.15, 0.2) is 54.7 Å². The monoisotopic (exact) mass is 388 g/mol. The minimum atomic E-state index is -0.917. The summed E-state index contributed by atoms with van der Waals surface area (Å²) >= 11 is 0. The Bertz CT molecular complexity index is 1020. The Hall–Kier alpha value is -3.38. The highest BCUT2D eigenvalue weighted by molar-refractivity contribution is 5.96. The zero-order valence-electron chi connectivity index (χ0n) is 16.4. The lowest BCUT2D eigenvalue weighted by atomic mass is 10.1. The number of hydrogen-bond acceptors (Lipinski definition) is 4. The molecule has 3 heterocycles. The Morgan fingerprint density at radius 1 is 1.07 bits per heavy atom. The van der Waals surface area contributed by atoms with Crippen molar-refractivity contribution in [2.24, 2.45) is 0 Å². The lowest BCUT2D eigenvalue weighted by Gasteiger charge is -2.33. The first-order valence-corrected chi connectivity index (χ1v) is 9.69. The summed E-state index contributed by atoms with van der Waals surface area (Å²) in [6, 6.07) is 15.6. The summed E-state index contributed by atoms with van der Waals surface area (Å²) in [6.07, 6.45) is 5.72. The predicted molar refractivity (Wildman–Crippen MR) is 116 cm³/mol. The van der Waals surface area contributed by atoms with Gasteiger partial charge in [0.25, 0.3) is 0 Å². The van der Waals surface area contributed by atoms with E-state index in [1.165, 1.54) is 0 Å². The fourth-order valence-corrected chi connectivity index (χ4v) is 3.49. The number of anilines is 1. The third-order valence-electron chi connectivity index (χ3n) is 5.18. The number of pyridine rings is 1. The summed E-state index contributed by atoms with van der Waals surface area (Å²) in [6.45, 7) is 3.44. The van der Waals surface area contributed by atoms with Crippen LogP contribution < -0.4 is 4.90 Å². The van der Waals surface area contributed by atoms with Crippen molar-refractivity contribution in [3.8, 4) is 11.3 Å². The van der Waals surface area contributed by atoms with Crippen molar-refractivity contribution < 1.29 is 9.90 Å². The van der Waals surface area contributed by atoms with E-state index in [0.29, 0.717) is 11.4 Å². The molecule has 0 aliphatic carbocycles. The van der Waals surface area contributed by atoms with Crippen molar-refractivity contribution in [1.29, 1.82) is 0 Å². The number of aromatic carboxylic acids is 1. The molecule has 6 nitrogen and oxygen atoms in total. The average Bonchev–Trinajstić information content (AvgIpc) is 3.20. The fraction of sp³-hybridized carbons (Fsp3) is 0.217. The molecule has 0 amide bonds. The minimum Gasteiger partial charge on any atom is -0.478 e. The number of piperazine rings is 1. The van der Waals surface area contributed by atoms with E-state index in [1.807, 2.05) is 54.6 Å². The molecule has 2 N–H and O–H groups in total. The van der Waals surface area contributed by atoms with E-state index in [1.54, 1.807) is 12.3 Å². The first kappa shape index (κ1) is 19.0. The lowest BCUT2D eigenvalue weighted by molar-refractivity contribution is 0.0697. The topological polar surface area (TPSA) is 72.5 Å². The Morgan fingerprint density at radius 3 is 2.55 bits per heavy atom. The van der Waals surface area contributed by atoms with Crippen LogP contribution in [0.4, 0.5) is 5.82 Å². The third-order valence-corrected chi connectivity index (χ3v) is 5.18. The predicted octanol–water partition coefficient (Wildman–Crippen LogP) is 3.70. The number of carbonyl (C=O) groups is 1. The van der Waals surface area contributed by atoms with Crippen LogP contribution in [0, 0.1) is 0 Å². The first-order chi connectivity index (χ1) is 14.1. The van der Waals surface area contributed by atoms with Crippen molar-refractivity contribution in [1.82, 2.24) is 14.9 Å². The molecule has 0 bridgehead atoms. The minimum absolute atomic E-state index is 0.308. The largest absolute Gasteiger partial charge is 0.478 e. The number of aromatic amines is 1. The van der Waals surface area contributed by atoms with Gasteiger partial charge in [-0.2, -0.15) is 0 Å². The van der Waals surface area contributed by atoms with Crippen molar-refractivity contribution >= 4 is 23.9 Å². The van der Waals surface area contributed by atoms with Gasteiger partial charge >= 0.3 is 5.97 Å². The molecular weight excluding hydrogens is 364 g/mol. The number of nitrogens with zero attached hydrogens (tertiary/aromatic N) is 3. The Morgan fingerprint density at radius 2 is 1.83 bits per heavy atom. The molecule has 1 fully saturated rings. The van der Waals surface area contributed by atoms with Gasteiger partial charge in [-0.1, -0.05) is 36.4 Å². The van der Waals surface area contributed by atoms with Gasteiger partial charge in [0.15, 0.2) is 0 Å². The Balaban J connectivity index is 1.62. The van der Waals surface area contributed by atoms with Crippen LogP contribution in [0.2, 0.25) is 0 Å². The summed E-state index contributed by atoms with van der Waals surface area (Å²) in [4.78, 5) is 23.9. The molecule has 1 aliphatic heterocycles. The quantitative estimate of drug-likeness (QED) is 0.697. The van der Waals surface area contributed by atoms with Crippen LogP contribution in [0.5, 0.6) is 0 Å². The molecule has 2 aromatic heterocycles. The first-order valence-electron chi connectivity index (χ1n) is 9.69. The van der Waals surface area contributed by atoms with Gasteiger partial charge in [-0.3, -0.25) is 4.98 Å². The number of hydrogen-bond donors (Lipinski definition) is 2. The number of benzene rings is 1. The number of aromatic nitrogens is 2. The van der Waals surface area contributed by atoms with E-state index in [9.17, 15) is 9.90 Å². The summed E-state index contributed by atoms with van der Waals surface area (Å²) in [7, 11) is 2.08. The molecule has 29 heavy (non-hydrogen) atoms. The second-order valence-corrected chi connectivity index (χ2v) is 7.25. The van der Waals surface area contributed by atoms with E-state index in [4.69, 9.17) is 0 Å². The molecule has 148 valence electrons. The molecule has 1 aliphatic rings. The Labute approximate surface area is 170 Å². The van der Waals surface area contributed by atoms with E-state index in [-0.39, 0.29) is 0 Å². The molecule has 4 rings (SSSR count). The summed E-state index contributed by atoms with van der Waals surface area (Å²) in [5.74, 6) is -0.238. The second kappa shape index (κ2) is 8.32. The molecule has 1 aromatic carbocycles. The lowest BCUT2D eigenvalue weighted by Crippen LogP contribution is -2.45. The maximum absolute atomic E-state index is 11.8. The van der Waals surface area contributed by atoms with Crippen LogP contribution in [0.25, 0.3) is 23.4 Å². The van der Waals surface area contributed by atoms with Crippen molar-refractivity contribution in [3.05, 3.63) is 71.5 Å². The Kier molecular flexibility index (Phi) is 5.44. The van der Waals surface area contributed by atoms with Gasteiger partial charge in [0.05, 0.1) is 5.69 Å². The van der Waals surface area contributed by atoms with Gasteiger partial charge in [0, 0.05) is 43.6 Å². The summed E-state index contributed by atoms with van der Waals surface area (Å²) < 4.78 is 0. The van der Waals surface area contributed by atoms with E-state index in [0.717, 1.165) is 48.7 Å². The normalized spacial score (nSPS) is 15.1. The maximum Gasteiger partial charge on any atom is 0.339 e. The highest BCUT2D eigenvalue weighted by atomic mass is 16.4. The van der Waals surface area contributed by atoms with Gasteiger partial charge < -0.3 is 19.9 Å². The maximum atomic E-state index is 11.8. The number of rotatable bonds is 5. The molecule has 0 atom stereocenters. The van der Waals surface area contributed by atoms with Gasteiger partial charge in [-0.15, -0.1) is 0 Å². The second-order valence-electron chi connectivity index (χ2n) is 7.25. The van der Waals surface area contributed by atoms with E-state index >= 15 is 0 Å². The molecule has 0 unspecified atom stereocenters. The molecule has 0 radical (unpaired) electrons. The van der Waals surface area contributed by atoms with Gasteiger partial charge in [-0.05, 0) is 36.9 Å². The number of H-pyrrole nitrogens is 1.